The molecule has 0 bridgehead atoms. The van der Waals surface area contributed by atoms with Crippen molar-refractivity contribution < 1.29 is 4.42 Å². The van der Waals surface area contributed by atoms with Gasteiger partial charge < -0.3 is 10.2 Å². The van der Waals surface area contributed by atoms with E-state index in [2.05, 4.69) is 25.8 Å². The molecule has 0 radical (unpaired) electrons. The summed E-state index contributed by atoms with van der Waals surface area (Å²) in [7, 11) is 2.12. The fourth-order valence-electron chi connectivity index (χ4n) is 1.49. The summed E-state index contributed by atoms with van der Waals surface area (Å²) in [6, 6.07) is 1.95. The Morgan fingerprint density at radius 3 is 2.80 bits per heavy atom. The van der Waals surface area contributed by atoms with Gasteiger partial charge in [-0.25, -0.2) is 0 Å². The van der Waals surface area contributed by atoms with E-state index in [0.29, 0.717) is 6.54 Å². The fraction of sp³-hybridized carbons (Fsp3) is 0.667. The first-order valence-corrected chi connectivity index (χ1v) is 5.57. The Bertz CT molecular complexity index is 281. The van der Waals surface area contributed by atoms with Crippen LogP contribution in [0.1, 0.15) is 31.6 Å². The van der Waals surface area contributed by atoms with E-state index in [4.69, 9.17) is 10.2 Å². The van der Waals surface area contributed by atoms with Crippen LogP contribution in [-0.4, -0.2) is 18.5 Å². The second-order valence-electron chi connectivity index (χ2n) is 4.49. The molecule has 1 aromatic heterocycles. The molecule has 3 nitrogen and oxygen atoms in total. The molecule has 86 valence electrons. The van der Waals surface area contributed by atoms with Crippen LogP contribution in [0.15, 0.2) is 16.7 Å². The Labute approximate surface area is 92.2 Å². The zero-order valence-corrected chi connectivity index (χ0v) is 9.99. The van der Waals surface area contributed by atoms with Gasteiger partial charge in [0.15, 0.2) is 0 Å². The molecule has 0 atom stereocenters. The summed E-state index contributed by atoms with van der Waals surface area (Å²) in [6.07, 6.45) is 2.93. The van der Waals surface area contributed by atoms with Gasteiger partial charge in [-0.3, -0.25) is 4.90 Å². The van der Waals surface area contributed by atoms with Gasteiger partial charge in [-0.05, 0) is 32.0 Å². The molecule has 1 heterocycles. The first-order chi connectivity index (χ1) is 7.13. The van der Waals surface area contributed by atoms with Gasteiger partial charge in [-0.2, -0.15) is 0 Å². The van der Waals surface area contributed by atoms with E-state index in [1.165, 1.54) is 6.42 Å². The highest BCUT2D eigenvalue weighted by atomic mass is 16.3. The maximum atomic E-state index is 5.61. The SMILES string of the molecule is CC(C)CCN(C)Cc1occc1CN. The summed E-state index contributed by atoms with van der Waals surface area (Å²) in [4.78, 5) is 2.28. The van der Waals surface area contributed by atoms with Crippen molar-refractivity contribution in [1.29, 1.82) is 0 Å². The third kappa shape index (κ3) is 4.06. The summed E-state index contributed by atoms with van der Waals surface area (Å²) in [5.41, 5.74) is 6.73. The largest absolute Gasteiger partial charge is 0.468 e. The molecule has 0 aliphatic rings. The van der Waals surface area contributed by atoms with Crippen molar-refractivity contribution in [2.24, 2.45) is 11.7 Å². The molecule has 3 heteroatoms. The fourth-order valence-corrected chi connectivity index (χ4v) is 1.49. The van der Waals surface area contributed by atoms with E-state index in [0.717, 1.165) is 30.3 Å². The average Bonchev–Trinajstić information content (AvgIpc) is 2.62. The second kappa shape index (κ2) is 5.93. The summed E-state index contributed by atoms with van der Waals surface area (Å²) < 4.78 is 5.41. The Kier molecular flexibility index (Phi) is 4.85. The molecule has 0 aliphatic heterocycles. The monoisotopic (exact) mass is 210 g/mol. The van der Waals surface area contributed by atoms with Crippen molar-refractivity contribution in [1.82, 2.24) is 4.90 Å². The van der Waals surface area contributed by atoms with Crippen LogP contribution in [-0.2, 0) is 13.1 Å². The van der Waals surface area contributed by atoms with E-state index < -0.39 is 0 Å². The lowest BCUT2D eigenvalue weighted by molar-refractivity contribution is 0.276. The topological polar surface area (TPSA) is 42.4 Å². The molecule has 2 N–H and O–H groups in total. The van der Waals surface area contributed by atoms with Crippen LogP contribution in [0.2, 0.25) is 0 Å². The van der Waals surface area contributed by atoms with Crippen molar-refractivity contribution >= 4 is 0 Å². The predicted molar refractivity (Wildman–Crippen MR) is 62.4 cm³/mol. The number of furan rings is 1. The van der Waals surface area contributed by atoms with E-state index in [-0.39, 0.29) is 0 Å². The lowest BCUT2D eigenvalue weighted by Gasteiger charge is -2.16. The minimum Gasteiger partial charge on any atom is -0.468 e. The van der Waals surface area contributed by atoms with Crippen LogP contribution >= 0.6 is 0 Å². The lowest BCUT2D eigenvalue weighted by Crippen LogP contribution is -2.20. The van der Waals surface area contributed by atoms with Crippen molar-refractivity contribution in [3.8, 4) is 0 Å². The van der Waals surface area contributed by atoms with Gasteiger partial charge in [0, 0.05) is 12.1 Å². The maximum absolute atomic E-state index is 5.61. The molecule has 0 aromatic carbocycles. The Hall–Kier alpha value is -0.800. The normalized spacial score (nSPS) is 11.6. The summed E-state index contributed by atoms with van der Waals surface area (Å²) in [5.74, 6) is 1.75. The van der Waals surface area contributed by atoms with Crippen LogP contribution in [0, 0.1) is 5.92 Å². The van der Waals surface area contributed by atoms with E-state index >= 15 is 0 Å². The number of nitrogens with zero attached hydrogens (tertiary/aromatic N) is 1. The van der Waals surface area contributed by atoms with Gasteiger partial charge in [0.2, 0.25) is 0 Å². The average molecular weight is 210 g/mol. The molecule has 0 saturated heterocycles. The standard InChI is InChI=1S/C12H22N2O/c1-10(2)4-6-14(3)9-12-11(8-13)5-7-15-12/h5,7,10H,4,6,8-9,13H2,1-3H3. The quantitative estimate of drug-likeness (QED) is 0.783. The summed E-state index contributed by atoms with van der Waals surface area (Å²) >= 11 is 0. The summed E-state index contributed by atoms with van der Waals surface area (Å²) in [5, 5.41) is 0. The number of hydrogen-bond donors (Lipinski definition) is 1. The molecule has 0 fully saturated rings. The van der Waals surface area contributed by atoms with Crippen molar-refractivity contribution in [2.45, 2.75) is 33.4 Å². The van der Waals surface area contributed by atoms with Crippen LogP contribution in [0.4, 0.5) is 0 Å². The Morgan fingerprint density at radius 2 is 2.20 bits per heavy atom. The molecular weight excluding hydrogens is 188 g/mol. The highest BCUT2D eigenvalue weighted by Crippen LogP contribution is 2.12. The van der Waals surface area contributed by atoms with E-state index in [9.17, 15) is 0 Å². The van der Waals surface area contributed by atoms with Crippen LogP contribution < -0.4 is 5.73 Å². The van der Waals surface area contributed by atoms with E-state index in [1.54, 1.807) is 6.26 Å². The molecule has 0 amide bonds. The first-order valence-electron chi connectivity index (χ1n) is 5.57. The third-order valence-corrected chi connectivity index (χ3v) is 2.56. The highest BCUT2D eigenvalue weighted by molar-refractivity contribution is 5.16. The van der Waals surface area contributed by atoms with E-state index in [1.807, 2.05) is 6.07 Å². The molecule has 0 spiro atoms. The maximum Gasteiger partial charge on any atom is 0.122 e. The van der Waals surface area contributed by atoms with Gasteiger partial charge in [-0.15, -0.1) is 0 Å². The van der Waals surface area contributed by atoms with Crippen molar-refractivity contribution in [3.63, 3.8) is 0 Å². The van der Waals surface area contributed by atoms with Crippen molar-refractivity contribution in [3.05, 3.63) is 23.7 Å². The number of hydrogen-bond acceptors (Lipinski definition) is 3. The third-order valence-electron chi connectivity index (χ3n) is 2.56. The molecule has 0 unspecified atom stereocenters. The van der Waals surface area contributed by atoms with Gasteiger partial charge in [0.1, 0.15) is 5.76 Å². The molecule has 1 aromatic rings. The smallest absolute Gasteiger partial charge is 0.122 e. The van der Waals surface area contributed by atoms with Crippen LogP contribution in [0.3, 0.4) is 0 Å². The van der Waals surface area contributed by atoms with Gasteiger partial charge in [0.25, 0.3) is 0 Å². The van der Waals surface area contributed by atoms with Crippen molar-refractivity contribution in [2.75, 3.05) is 13.6 Å². The van der Waals surface area contributed by atoms with Crippen LogP contribution in [0.5, 0.6) is 0 Å². The molecule has 0 aliphatic carbocycles. The minimum atomic E-state index is 0.559. The zero-order valence-electron chi connectivity index (χ0n) is 9.99. The molecule has 1 rings (SSSR count). The number of rotatable bonds is 6. The Balaban J connectivity index is 2.40. The van der Waals surface area contributed by atoms with Crippen LogP contribution in [0.25, 0.3) is 0 Å². The molecule has 0 saturated carbocycles. The molecular formula is C12H22N2O. The highest BCUT2D eigenvalue weighted by Gasteiger charge is 2.08. The molecule has 15 heavy (non-hydrogen) atoms. The first kappa shape index (κ1) is 12.3. The van der Waals surface area contributed by atoms with Gasteiger partial charge in [-0.1, -0.05) is 13.8 Å². The lowest BCUT2D eigenvalue weighted by atomic mass is 10.1. The second-order valence-corrected chi connectivity index (χ2v) is 4.49. The number of nitrogens with two attached hydrogens (primary N) is 1. The van der Waals surface area contributed by atoms with Gasteiger partial charge >= 0.3 is 0 Å². The Morgan fingerprint density at radius 1 is 1.47 bits per heavy atom. The zero-order chi connectivity index (χ0) is 11.3. The van der Waals surface area contributed by atoms with Gasteiger partial charge in [0.05, 0.1) is 12.8 Å². The minimum absolute atomic E-state index is 0.559. The summed E-state index contributed by atoms with van der Waals surface area (Å²) in [6.45, 7) is 7.00. The predicted octanol–water partition coefficient (Wildman–Crippen LogP) is 2.22.